The first-order chi connectivity index (χ1) is 14.5. The Morgan fingerprint density at radius 1 is 1.10 bits per heavy atom. The maximum absolute atomic E-state index is 12.7. The van der Waals surface area contributed by atoms with Crippen LogP contribution in [0.2, 0.25) is 5.02 Å². The molecule has 0 spiro atoms. The summed E-state index contributed by atoms with van der Waals surface area (Å²) in [5, 5.41) is 4.95. The Morgan fingerprint density at radius 3 is 2.73 bits per heavy atom. The number of hydrogen-bond donors (Lipinski definition) is 0. The number of nitrogens with zero attached hydrogens (tertiary/aromatic N) is 5. The fraction of sp³-hybridized carbons (Fsp3) is 0.318. The molecule has 3 aromatic rings. The Kier molecular flexibility index (Phi) is 5.90. The highest BCUT2D eigenvalue weighted by Crippen LogP contribution is 2.23. The molecule has 4 heterocycles. The van der Waals surface area contributed by atoms with E-state index in [-0.39, 0.29) is 31.0 Å². The summed E-state index contributed by atoms with van der Waals surface area (Å²) in [4.78, 5) is 35.3. The number of hydrogen-bond acceptors (Lipinski definition) is 5. The first kappa shape index (κ1) is 20.2. The summed E-state index contributed by atoms with van der Waals surface area (Å²) >= 11 is 5.97. The van der Waals surface area contributed by atoms with Gasteiger partial charge in [-0.15, -0.1) is 0 Å². The SMILES string of the molecule is Cc1cc2n(n1)CCCN2C(=O)CCC(=O)Cc1ccc(-c2cncc(Cl)c2)nc1. The molecule has 154 valence electrons. The predicted octanol–water partition coefficient (Wildman–Crippen LogP) is 3.63. The van der Waals surface area contributed by atoms with Gasteiger partial charge in [0, 0.05) is 62.6 Å². The van der Waals surface area contributed by atoms with E-state index < -0.39 is 0 Å². The number of Topliss-reactive ketones (excluding diaryl/α,β-unsaturated/α-hetero) is 1. The van der Waals surface area contributed by atoms with Gasteiger partial charge in [0.2, 0.25) is 5.91 Å². The van der Waals surface area contributed by atoms with Gasteiger partial charge >= 0.3 is 0 Å². The molecular weight excluding hydrogens is 402 g/mol. The second-order valence-electron chi connectivity index (χ2n) is 7.42. The fourth-order valence-electron chi connectivity index (χ4n) is 3.61. The quantitative estimate of drug-likeness (QED) is 0.604. The van der Waals surface area contributed by atoms with E-state index in [1.54, 1.807) is 29.6 Å². The number of rotatable bonds is 6. The van der Waals surface area contributed by atoms with Crippen LogP contribution < -0.4 is 4.90 Å². The zero-order chi connectivity index (χ0) is 21.1. The van der Waals surface area contributed by atoms with Crippen molar-refractivity contribution in [2.24, 2.45) is 0 Å². The van der Waals surface area contributed by atoms with Crippen LogP contribution in [0.3, 0.4) is 0 Å². The number of halogens is 1. The van der Waals surface area contributed by atoms with E-state index in [9.17, 15) is 9.59 Å². The number of carbonyl (C=O) groups is 2. The molecule has 0 saturated carbocycles. The number of anilines is 1. The average Bonchev–Trinajstić information content (AvgIpc) is 3.12. The highest BCUT2D eigenvalue weighted by atomic mass is 35.5. The van der Waals surface area contributed by atoms with Crippen molar-refractivity contribution < 1.29 is 9.59 Å². The third kappa shape index (κ3) is 4.57. The van der Waals surface area contributed by atoms with Crippen LogP contribution in [-0.2, 0) is 22.6 Å². The first-order valence-electron chi connectivity index (χ1n) is 9.92. The molecule has 0 unspecified atom stereocenters. The Bertz CT molecular complexity index is 1080. The summed E-state index contributed by atoms with van der Waals surface area (Å²) in [5.41, 5.74) is 3.28. The minimum Gasteiger partial charge on any atom is -0.299 e. The standard InChI is InChI=1S/C22H22ClN5O2/c1-15-9-21-27(7-2-8-28(21)26-15)22(30)6-4-19(29)10-16-3-5-20(25-12-16)17-11-18(23)14-24-13-17/h3,5,9,11-14H,2,4,6-8,10H2,1H3. The maximum Gasteiger partial charge on any atom is 0.228 e. The lowest BCUT2D eigenvalue weighted by atomic mass is 10.1. The lowest BCUT2D eigenvalue weighted by Crippen LogP contribution is -2.37. The van der Waals surface area contributed by atoms with Gasteiger partial charge in [0.1, 0.15) is 11.6 Å². The lowest BCUT2D eigenvalue weighted by Gasteiger charge is -2.27. The molecule has 0 aromatic carbocycles. The third-order valence-corrected chi connectivity index (χ3v) is 5.26. The Morgan fingerprint density at radius 2 is 1.97 bits per heavy atom. The van der Waals surface area contributed by atoms with E-state index in [4.69, 9.17) is 11.6 Å². The number of pyridine rings is 2. The van der Waals surface area contributed by atoms with Crippen LogP contribution in [0.4, 0.5) is 5.82 Å². The number of ketones is 1. The number of aryl methyl sites for hydroxylation is 2. The molecule has 0 N–H and O–H groups in total. The van der Waals surface area contributed by atoms with Crippen LogP contribution in [0.1, 0.15) is 30.5 Å². The molecule has 0 radical (unpaired) electrons. The lowest BCUT2D eigenvalue weighted by molar-refractivity contribution is -0.123. The van der Waals surface area contributed by atoms with Gasteiger partial charge in [-0.25, -0.2) is 4.68 Å². The summed E-state index contributed by atoms with van der Waals surface area (Å²) in [6, 6.07) is 7.43. The molecule has 0 bridgehead atoms. The van der Waals surface area contributed by atoms with Crippen molar-refractivity contribution in [1.82, 2.24) is 19.7 Å². The van der Waals surface area contributed by atoms with E-state index in [0.29, 0.717) is 11.6 Å². The van der Waals surface area contributed by atoms with Crippen LogP contribution in [-0.4, -0.2) is 38.0 Å². The van der Waals surface area contributed by atoms with Crippen LogP contribution in [0.15, 0.2) is 42.9 Å². The number of aromatic nitrogens is 4. The van der Waals surface area contributed by atoms with E-state index in [1.165, 1.54) is 0 Å². The van der Waals surface area contributed by atoms with Gasteiger partial charge in [-0.2, -0.15) is 5.10 Å². The van der Waals surface area contributed by atoms with Crippen molar-refractivity contribution >= 4 is 29.1 Å². The molecule has 1 aliphatic rings. The molecule has 1 aliphatic heterocycles. The second kappa shape index (κ2) is 8.75. The molecule has 3 aromatic heterocycles. The van der Waals surface area contributed by atoms with Gasteiger partial charge in [-0.3, -0.25) is 24.5 Å². The predicted molar refractivity (Wildman–Crippen MR) is 114 cm³/mol. The van der Waals surface area contributed by atoms with Crippen molar-refractivity contribution in [1.29, 1.82) is 0 Å². The smallest absolute Gasteiger partial charge is 0.228 e. The normalized spacial score (nSPS) is 13.2. The second-order valence-corrected chi connectivity index (χ2v) is 7.86. The van der Waals surface area contributed by atoms with Gasteiger partial charge in [-0.05, 0) is 31.0 Å². The molecule has 0 fully saturated rings. The molecule has 1 amide bonds. The topological polar surface area (TPSA) is 81.0 Å². The van der Waals surface area contributed by atoms with Crippen LogP contribution in [0.5, 0.6) is 0 Å². The number of carbonyl (C=O) groups excluding carboxylic acids is 2. The molecule has 7 nitrogen and oxygen atoms in total. The molecule has 4 rings (SSSR count). The van der Waals surface area contributed by atoms with Gasteiger partial charge < -0.3 is 0 Å². The zero-order valence-corrected chi connectivity index (χ0v) is 17.5. The third-order valence-electron chi connectivity index (χ3n) is 5.05. The highest BCUT2D eigenvalue weighted by molar-refractivity contribution is 6.30. The van der Waals surface area contributed by atoms with Crippen molar-refractivity contribution in [2.75, 3.05) is 11.4 Å². The summed E-state index contributed by atoms with van der Waals surface area (Å²) < 4.78 is 1.86. The van der Waals surface area contributed by atoms with Gasteiger partial charge in [0.05, 0.1) is 16.4 Å². The number of amides is 1. The molecule has 30 heavy (non-hydrogen) atoms. The van der Waals surface area contributed by atoms with Gasteiger partial charge in [0.15, 0.2) is 0 Å². The van der Waals surface area contributed by atoms with Gasteiger partial charge in [0.25, 0.3) is 0 Å². The van der Waals surface area contributed by atoms with Crippen LogP contribution in [0, 0.1) is 6.92 Å². The highest BCUT2D eigenvalue weighted by Gasteiger charge is 2.24. The van der Waals surface area contributed by atoms with Crippen LogP contribution in [0.25, 0.3) is 11.3 Å². The first-order valence-corrected chi connectivity index (χ1v) is 10.3. The summed E-state index contributed by atoms with van der Waals surface area (Å²) in [7, 11) is 0. The van der Waals surface area contributed by atoms with Crippen LogP contribution >= 0.6 is 11.6 Å². The Hall–Kier alpha value is -3.06. The molecule has 0 atom stereocenters. The summed E-state index contributed by atoms with van der Waals surface area (Å²) in [5.74, 6) is 0.807. The van der Waals surface area contributed by atoms with E-state index in [2.05, 4.69) is 15.1 Å². The Labute approximate surface area is 179 Å². The molecule has 0 aliphatic carbocycles. The van der Waals surface area contributed by atoms with E-state index in [1.807, 2.05) is 29.8 Å². The minimum absolute atomic E-state index is 0.0176. The molecule has 0 saturated heterocycles. The van der Waals surface area contributed by atoms with Gasteiger partial charge in [-0.1, -0.05) is 17.7 Å². The Balaban J connectivity index is 1.32. The van der Waals surface area contributed by atoms with Crippen molar-refractivity contribution in [3.05, 3.63) is 59.1 Å². The summed E-state index contributed by atoms with van der Waals surface area (Å²) in [6.07, 6.45) is 6.48. The number of fused-ring (bicyclic) bond motifs is 1. The van der Waals surface area contributed by atoms with Crippen molar-refractivity contribution in [2.45, 2.75) is 39.2 Å². The fourth-order valence-corrected chi connectivity index (χ4v) is 3.78. The molecular formula is C22H22ClN5O2. The van der Waals surface area contributed by atoms with E-state index in [0.717, 1.165) is 41.3 Å². The van der Waals surface area contributed by atoms with Crippen molar-refractivity contribution in [3.63, 3.8) is 0 Å². The zero-order valence-electron chi connectivity index (χ0n) is 16.7. The molecule has 8 heteroatoms. The minimum atomic E-state index is -0.0360. The van der Waals surface area contributed by atoms with Crippen molar-refractivity contribution in [3.8, 4) is 11.3 Å². The summed E-state index contributed by atoms with van der Waals surface area (Å²) in [6.45, 7) is 3.40. The monoisotopic (exact) mass is 423 g/mol. The average molecular weight is 424 g/mol. The maximum atomic E-state index is 12.7. The van der Waals surface area contributed by atoms with E-state index >= 15 is 0 Å². The largest absolute Gasteiger partial charge is 0.299 e.